The van der Waals surface area contributed by atoms with E-state index in [4.69, 9.17) is 22.4 Å². The summed E-state index contributed by atoms with van der Waals surface area (Å²) in [7, 11) is 0. The van der Waals surface area contributed by atoms with Crippen LogP contribution in [0.5, 0.6) is 0 Å². The van der Waals surface area contributed by atoms with Gasteiger partial charge in [-0.25, -0.2) is 0 Å². The van der Waals surface area contributed by atoms with E-state index in [-0.39, 0.29) is 18.4 Å². The number of pyridine rings is 1. The maximum absolute atomic E-state index is 12.3. The fraction of sp³-hybridized carbons (Fsp3) is 0.440. The predicted octanol–water partition coefficient (Wildman–Crippen LogP) is 4.37. The Morgan fingerprint density at radius 2 is 2.14 bits per heavy atom. The highest BCUT2D eigenvalue weighted by atomic mass is 35.5. The fourth-order valence-electron chi connectivity index (χ4n) is 4.62. The first kappa shape index (κ1) is 23.9. The van der Waals surface area contributed by atoms with Gasteiger partial charge in [0.05, 0.1) is 28.1 Å². The molecule has 0 atom stereocenters. The Kier molecular flexibility index (Phi) is 6.89. The third-order valence-electron chi connectivity index (χ3n) is 6.97. The van der Waals surface area contributed by atoms with Gasteiger partial charge in [-0.15, -0.1) is 11.3 Å². The van der Waals surface area contributed by atoms with Crippen molar-refractivity contribution in [3.63, 3.8) is 0 Å². The number of thiophene rings is 1. The van der Waals surface area contributed by atoms with E-state index in [1.165, 1.54) is 11.3 Å². The van der Waals surface area contributed by atoms with E-state index in [0.717, 1.165) is 72.0 Å². The molecule has 1 aliphatic heterocycles. The Hall–Kier alpha value is -2.77. The average Bonchev–Trinajstić information content (AvgIpc) is 3.51. The first-order valence-electron chi connectivity index (χ1n) is 11.9. The minimum atomic E-state index is -0.405. The molecule has 1 aliphatic carbocycles. The van der Waals surface area contributed by atoms with Crippen molar-refractivity contribution in [3.8, 4) is 17.3 Å². The van der Waals surface area contributed by atoms with Crippen LogP contribution < -0.4 is 11.1 Å². The van der Waals surface area contributed by atoms with Crippen molar-refractivity contribution in [1.82, 2.24) is 19.7 Å². The fourth-order valence-corrected chi connectivity index (χ4v) is 5.50. The molecule has 3 aromatic heterocycles. The van der Waals surface area contributed by atoms with Crippen LogP contribution in [0.4, 0.5) is 5.82 Å². The van der Waals surface area contributed by atoms with Gasteiger partial charge in [-0.1, -0.05) is 17.7 Å². The summed E-state index contributed by atoms with van der Waals surface area (Å²) >= 11 is 7.55. The number of nitrogens with one attached hydrogen (secondary N) is 1. The summed E-state index contributed by atoms with van der Waals surface area (Å²) in [5.41, 5.74) is 9.45. The van der Waals surface area contributed by atoms with E-state index in [2.05, 4.69) is 27.3 Å². The molecule has 0 radical (unpaired) electrons. The maximum atomic E-state index is 12.3. The molecule has 0 bridgehead atoms. The number of nitrogens with two attached hydrogens (primary N) is 1. The Morgan fingerprint density at radius 1 is 1.34 bits per heavy atom. The number of likely N-dealkylation sites (tertiary alicyclic amines) is 1. The smallest absolute Gasteiger partial charge is 0.228 e. The number of halogens is 1. The SMILES string of the molecule is N#CCC1(n2cc(CN)c(NC(=O)C3CC3)n2)CCN(Cc2ccc(-c3csc(Cl)c3)nc2)CC1. The zero-order valence-corrected chi connectivity index (χ0v) is 21.0. The van der Waals surface area contributed by atoms with Crippen LogP contribution in [0.15, 0.2) is 36.0 Å². The van der Waals surface area contributed by atoms with Crippen LogP contribution in [0.1, 0.15) is 43.2 Å². The number of rotatable bonds is 8. The van der Waals surface area contributed by atoms with E-state index in [1.54, 1.807) is 0 Å². The zero-order valence-electron chi connectivity index (χ0n) is 19.4. The van der Waals surface area contributed by atoms with Crippen LogP contribution in [-0.4, -0.2) is 38.7 Å². The number of nitriles is 1. The minimum absolute atomic E-state index is 0.0100. The Labute approximate surface area is 213 Å². The van der Waals surface area contributed by atoms with Crippen LogP contribution in [0.25, 0.3) is 11.3 Å². The second kappa shape index (κ2) is 10.1. The summed E-state index contributed by atoms with van der Waals surface area (Å²) in [5, 5.41) is 19.3. The maximum Gasteiger partial charge on any atom is 0.228 e. The van der Waals surface area contributed by atoms with Crippen LogP contribution in [0.3, 0.4) is 0 Å². The lowest BCUT2D eigenvalue weighted by Crippen LogP contribution is -2.46. The van der Waals surface area contributed by atoms with Crippen molar-refractivity contribution < 1.29 is 4.79 Å². The lowest BCUT2D eigenvalue weighted by atomic mass is 9.84. The third-order valence-corrected chi connectivity index (χ3v) is 8.07. The first-order valence-corrected chi connectivity index (χ1v) is 13.1. The molecule has 0 spiro atoms. The van der Waals surface area contributed by atoms with Gasteiger partial charge in [-0.2, -0.15) is 10.4 Å². The van der Waals surface area contributed by atoms with Crippen molar-refractivity contribution in [2.24, 2.45) is 11.7 Å². The van der Waals surface area contributed by atoms with Gasteiger partial charge in [0.15, 0.2) is 5.82 Å². The van der Waals surface area contributed by atoms with Crippen LogP contribution in [0, 0.1) is 17.2 Å². The molecule has 2 fully saturated rings. The van der Waals surface area contributed by atoms with E-state index in [0.29, 0.717) is 12.2 Å². The average molecular weight is 510 g/mol. The number of piperidine rings is 1. The molecule has 1 saturated carbocycles. The van der Waals surface area contributed by atoms with E-state index < -0.39 is 5.54 Å². The molecule has 3 aromatic rings. The highest BCUT2D eigenvalue weighted by Gasteiger charge is 2.38. The highest BCUT2D eigenvalue weighted by molar-refractivity contribution is 7.14. The molecule has 1 saturated heterocycles. The standard InChI is InChI=1S/C25H28ClN7OS/c26-22-11-19(16-35-22)21-4-1-17(13-29-21)14-32-9-6-25(5-8-27,7-10-32)33-15-20(12-28)23(31-33)30-24(34)18-2-3-18/h1,4,11,13,15-16,18H,2-3,5-7,9-10,12,14,28H2,(H,30,31,34). The van der Waals surface area contributed by atoms with Crippen molar-refractivity contribution in [2.45, 2.75) is 50.7 Å². The lowest BCUT2D eigenvalue weighted by molar-refractivity contribution is -0.117. The quantitative estimate of drug-likeness (QED) is 0.466. The van der Waals surface area contributed by atoms with Gasteiger partial charge in [0.25, 0.3) is 0 Å². The second-order valence-corrected chi connectivity index (χ2v) is 11.0. The summed E-state index contributed by atoms with van der Waals surface area (Å²) in [6, 6.07) is 8.44. The Bertz CT molecular complexity index is 1230. The van der Waals surface area contributed by atoms with Gasteiger partial charge in [0, 0.05) is 61.0 Å². The molecule has 35 heavy (non-hydrogen) atoms. The van der Waals surface area contributed by atoms with Crippen molar-refractivity contribution in [1.29, 1.82) is 5.26 Å². The molecule has 4 heterocycles. The zero-order chi connectivity index (χ0) is 24.4. The monoisotopic (exact) mass is 509 g/mol. The summed E-state index contributed by atoms with van der Waals surface area (Å²) in [6.45, 7) is 2.77. The highest BCUT2D eigenvalue weighted by Crippen LogP contribution is 2.36. The van der Waals surface area contributed by atoms with Gasteiger partial charge in [-0.3, -0.25) is 19.4 Å². The number of aromatic nitrogens is 3. The summed E-state index contributed by atoms with van der Waals surface area (Å²) in [4.78, 5) is 19.3. The van der Waals surface area contributed by atoms with Gasteiger partial charge in [-0.05, 0) is 43.4 Å². The van der Waals surface area contributed by atoms with E-state index in [9.17, 15) is 10.1 Å². The largest absolute Gasteiger partial charge is 0.326 e. The lowest BCUT2D eigenvalue weighted by Gasteiger charge is -2.40. The van der Waals surface area contributed by atoms with E-state index >= 15 is 0 Å². The molecular formula is C25H28ClN7OS. The molecule has 5 rings (SSSR count). The van der Waals surface area contributed by atoms with Gasteiger partial charge < -0.3 is 11.1 Å². The number of carbonyl (C=O) groups excluding carboxylic acids is 1. The van der Waals surface area contributed by atoms with Gasteiger partial charge in [0.2, 0.25) is 5.91 Å². The van der Waals surface area contributed by atoms with Crippen LogP contribution in [-0.2, 0) is 23.4 Å². The minimum Gasteiger partial charge on any atom is -0.326 e. The number of hydrogen-bond acceptors (Lipinski definition) is 7. The Balaban J connectivity index is 1.25. The predicted molar refractivity (Wildman–Crippen MR) is 137 cm³/mol. The second-order valence-electron chi connectivity index (χ2n) is 9.44. The number of carbonyl (C=O) groups is 1. The molecule has 2 aliphatic rings. The van der Waals surface area contributed by atoms with Crippen molar-refractivity contribution >= 4 is 34.7 Å². The molecule has 8 nitrogen and oxygen atoms in total. The normalized spacial score (nSPS) is 17.7. The van der Waals surface area contributed by atoms with Gasteiger partial charge >= 0.3 is 0 Å². The van der Waals surface area contributed by atoms with Crippen LogP contribution in [0.2, 0.25) is 4.34 Å². The van der Waals surface area contributed by atoms with Crippen molar-refractivity contribution in [2.75, 3.05) is 18.4 Å². The third kappa shape index (κ3) is 5.26. The van der Waals surface area contributed by atoms with Gasteiger partial charge in [0.1, 0.15) is 0 Å². The molecule has 182 valence electrons. The molecule has 0 unspecified atom stereocenters. The molecule has 0 aromatic carbocycles. The topological polar surface area (TPSA) is 113 Å². The molecule has 1 amide bonds. The molecule has 3 N–H and O–H groups in total. The summed E-state index contributed by atoms with van der Waals surface area (Å²) in [5.74, 6) is 0.631. The number of nitrogens with zero attached hydrogens (tertiary/aromatic N) is 5. The first-order chi connectivity index (χ1) is 17.0. The molecular weight excluding hydrogens is 482 g/mol. The van der Waals surface area contributed by atoms with Crippen molar-refractivity contribution in [3.05, 3.63) is 51.4 Å². The summed E-state index contributed by atoms with van der Waals surface area (Å²) in [6.07, 6.45) is 7.64. The number of anilines is 1. The van der Waals surface area contributed by atoms with E-state index in [1.807, 2.05) is 34.6 Å². The Morgan fingerprint density at radius 3 is 2.74 bits per heavy atom. The number of amides is 1. The number of hydrogen-bond donors (Lipinski definition) is 2. The van der Waals surface area contributed by atoms with Crippen LogP contribution >= 0.6 is 22.9 Å². The summed E-state index contributed by atoms with van der Waals surface area (Å²) < 4.78 is 2.65. The molecule has 10 heteroatoms.